The van der Waals surface area contributed by atoms with Crippen molar-refractivity contribution in [2.24, 2.45) is 0 Å². The Hall–Kier alpha value is -1.16. The second-order valence-corrected chi connectivity index (χ2v) is 4.46. The van der Waals surface area contributed by atoms with Gasteiger partial charge in [0, 0.05) is 13.0 Å². The van der Waals surface area contributed by atoms with Crippen LogP contribution in [0.5, 0.6) is 0 Å². The van der Waals surface area contributed by atoms with Gasteiger partial charge in [-0.15, -0.1) is 16.4 Å². The average molecular weight is 205 g/mol. The van der Waals surface area contributed by atoms with Gasteiger partial charge < -0.3 is 0 Å². The van der Waals surface area contributed by atoms with Gasteiger partial charge in [0.15, 0.2) is 5.82 Å². The zero-order chi connectivity index (χ0) is 9.38. The van der Waals surface area contributed by atoms with Gasteiger partial charge in [0.25, 0.3) is 0 Å². The van der Waals surface area contributed by atoms with E-state index in [0.717, 1.165) is 24.6 Å². The Bertz CT molecular complexity index is 407. The first-order valence-corrected chi connectivity index (χ1v) is 5.79. The summed E-state index contributed by atoms with van der Waals surface area (Å²) in [5.41, 5.74) is 0. The monoisotopic (exact) mass is 205 g/mol. The number of hydrogen-bond acceptors (Lipinski definition) is 3. The molecule has 0 unspecified atom stereocenters. The molecule has 0 aliphatic carbocycles. The Labute approximate surface area is 86.4 Å². The summed E-state index contributed by atoms with van der Waals surface area (Å²) in [5.74, 6) is 2.05. The first kappa shape index (κ1) is 8.17. The van der Waals surface area contributed by atoms with E-state index in [2.05, 4.69) is 26.2 Å². The molecule has 2 aromatic heterocycles. The quantitative estimate of drug-likeness (QED) is 0.715. The SMILES string of the molecule is c1csc(-c2nc3n(n2)CCCC3)c1. The van der Waals surface area contributed by atoms with E-state index in [4.69, 9.17) is 0 Å². The molecule has 72 valence electrons. The Balaban J connectivity index is 2.04. The highest BCUT2D eigenvalue weighted by Crippen LogP contribution is 2.23. The predicted molar refractivity (Wildman–Crippen MR) is 56.3 cm³/mol. The third-order valence-corrected chi connectivity index (χ3v) is 3.38. The van der Waals surface area contributed by atoms with Crippen LogP contribution < -0.4 is 0 Å². The summed E-state index contributed by atoms with van der Waals surface area (Å²) in [6.45, 7) is 1.04. The van der Waals surface area contributed by atoms with Crippen LogP contribution in [0.25, 0.3) is 10.7 Å². The first-order valence-electron chi connectivity index (χ1n) is 4.91. The molecule has 1 aliphatic rings. The van der Waals surface area contributed by atoms with E-state index in [1.165, 1.54) is 17.7 Å². The molecule has 0 N–H and O–H groups in total. The molecule has 0 amide bonds. The number of nitrogens with zero attached hydrogens (tertiary/aromatic N) is 3. The van der Waals surface area contributed by atoms with Crippen LogP contribution in [-0.4, -0.2) is 14.8 Å². The van der Waals surface area contributed by atoms with Gasteiger partial charge in [0.2, 0.25) is 0 Å². The zero-order valence-corrected chi connectivity index (χ0v) is 8.63. The fourth-order valence-corrected chi connectivity index (χ4v) is 2.45. The molecule has 0 atom stereocenters. The lowest BCUT2D eigenvalue weighted by Gasteiger charge is -2.09. The second-order valence-electron chi connectivity index (χ2n) is 3.51. The van der Waals surface area contributed by atoms with E-state index in [1.54, 1.807) is 11.3 Å². The molecule has 0 fully saturated rings. The first-order chi connectivity index (χ1) is 6.93. The Morgan fingerprint density at radius 3 is 3.14 bits per heavy atom. The second kappa shape index (κ2) is 3.20. The highest BCUT2D eigenvalue weighted by molar-refractivity contribution is 7.13. The standard InChI is InChI=1S/C10H11N3S/c1-2-6-13-9(5-1)11-10(12-13)8-4-3-7-14-8/h3-4,7H,1-2,5-6H2. The molecule has 3 rings (SSSR count). The predicted octanol–water partition coefficient (Wildman–Crippen LogP) is 2.34. The third-order valence-electron chi connectivity index (χ3n) is 2.51. The largest absolute Gasteiger partial charge is 0.249 e. The summed E-state index contributed by atoms with van der Waals surface area (Å²) in [7, 11) is 0. The molecule has 4 heteroatoms. The highest BCUT2D eigenvalue weighted by Gasteiger charge is 2.14. The molecule has 14 heavy (non-hydrogen) atoms. The van der Waals surface area contributed by atoms with Crippen LogP contribution in [-0.2, 0) is 13.0 Å². The molecular weight excluding hydrogens is 194 g/mol. The fraction of sp³-hybridized carbons (Fsp3) is 0.400. The topological polar surface area (TPSA) is 30.7 Å². The van der Waals surface area contributed by atoms with Crippen molar-refractivity contribution >= 4 is 11.3 Å². The van der Waals surface area contributed by atoms with Crippen molar-refractivity contribution in [1.82, 2.24) is 14.8 Å². The van der Waals surface area contributed by atoms with E-state index in [0.29, 0.717) is 0 Å². The van der Waals surface area contributed by atoms with Crippen LogP contribution in [0, 0.1) is 0 Å². The molecular formula is C10H11N3S. The van der Waals surface area contributed by atoms with Gasteiger partial charge in [-0.1, -0.05) is 6.07 Å². The molecule has 0 saturated carbocycles. The van der Waals surface area contributed by atoms with Crippen molar-refractivity contribution in [2.75, 3.05) is 0 Å². The van der Waals surface area contributed by atoms with Crippen LogP contribution >= 0.6 is 11.3 Å². The number of fused-ring (bicyclic) bond motifs is 1. The van der Waals surface area contributed by atoms with Crippen molar-refractivity contribution < 1.29 is 0 Å². The smallest absolute Gasteiger partial charge is 0.191 e. The lowest BCUT2D eigenvalue weighted by Crippen LogP contribution is -2.11. The number of rotatable bonds is 1. The van der Waals surface area contributed by atoms with Gasteiger partial charge in [-0.2, -0.15) is 0 Å². The molecule has 3 heterocycles. The summed E-state index contributed by atoms with van der Waals surface area (Å²) in [5, 5.41) is 6.57. The van der Waals surface area contributed by atoms with Crippen LogP contribution in [0.2, 0.25) is 0 Å². The third kappa shape index (κ3) is 1.26. The Kier molecular flexibility index (Phi) is 1.87. The number of hydrogen-bond donors (Lipinski definition) is 0. The van der Waals surface area contributed by atoms with Crippen LogP contribution in [0.3, 0.4) is 0 Å². The summed E-state index contributed by atoms with van der Waals surface area (Å²) < 4.78 is 2.05. The molecule has 0 spiro atoms. The number of aryl methyl sites for hydroxylation is 2. The molecule has 0 radical (unpaired) electrons. The van der Waals surface area contributed by atoms with Gasteiger partial charge in [0.05, 0.1) is 4.88 Å². The van der Waals surface area contributed by atoms with Gasteiger partial charge >= 0.3 is 0 Å². The van der Waals surface area contributed by atoms with Gasteiger partial charge in [-0.25, -0.2) is 9.67 Å². The van der Waals surface area contributed by atoms with Crippen LogP contribution in [0.4, 0.5) is 0 Å². The maximum atomic E-state index is 4.56. The maximum absolute atomic E-state index is 4.56. The van der Waals surface area contributed by atoms with Crippen molar-refractivity contribution in [3.05, 3.63) is 23.3 Å². The van der Waals surface area contributed by atoms with E-state index in [9.17, 15) is 0 Å². The summed E-state index contributed by atoms with van der Waals surface area (Å²) in [6.07, 6.45) is 3.57. The minimum absolute atomic E-state index is 0.900. The molecule has 0 saturated heterocycles. The average Bonchev–Trinajstić information content (AvgIpc) is 2.86. The van der Waals surface area contributed by atoms with Crippen LogP contribution in [0.15, 0.2) is 17.5 Å². The van der Waals surface area contributed by atoms with E-state index in [1.807, 2.05) is 6.07 Å². The minimum Gasteiger partial charge on any atom is -0.249 e. The Morgan fingerprint density at radius 1 is 1.36 bits per heavy atom. The normalized spacial score (nSPS) is 15.4. The van der Waals surface area contributed by atoms with E-state index >= 15 is 0 Å². The summed E-state index contributed by atoms with van der Waals surface area (Å²) >= 11 is 1.70. The molecule has 0 aromatic carbocycles. The summed E-state index contributed by atoms with van der Waals surface area (Å²) in [4.78, 5) is 5.73. The van der Waals surface area contributed by atoms with E-state index in [-0.39, 0.29) is 0 Å². The van der Waals surface area contributed by atoms with Gasteiger partial charge in [0.1, 0.15) is 5.82 Å². The van der Waals surface area contributed by atoms with Crippen molar-refractivity contribution in [1.29, 1.82) is 0 Å². The van der Waals surface area contributed by atoms with Crippen molar-refractivity contribution in [3.8, 4) is 10.7 Å². The van der Waals surface area contributed by atoms with E-state index < -0.39 is 0 Å². The Morgan fingerprint density at radius 2 is 2.36 bits per heavy atom. The van der Waals surface area contributed by atoms with Crippen molar-refractivity contribution in [2.45, 2.75) is 25.8 Å². The lowest BCUT2D eigenvalue weighted by atomic mass is 10.2. The lowest BCUT2D eigenvalue weighted by molar-refractivity contribution is 0.480. The van der Waals surface area contributed by atoms with Gasteiger partial charge in [-0.3, -0.25) is 0 Å². The zero-order valence-electron chi connectivity index (χ0n) is 7.81. The molecule has 3 nitrogen and oxygen atoms in total. The number of thiophene rings is 1. The molecule has 2 aromatic rings. The van der Waals surface area contributed by atoms with Crippen LogP contribution in [0.1, 0.15) is 18.7 Å². The minimum atomic E-state index is 0.900. The fourth-order valence-electron chi connectivity index (χ4n) is 1.79. The summed E-state index contributed by atoms with van der Waals surface area (Å²) in [6, 6.07) is 4.12. The molecule has 0 bridgehead atoms. The highest BCUT2D eigenvalue weighted by atomic mass is 32.1. The van der Waals surface area contributed by atoms with Crippen molar-refractivity contribution in [3.63, 3.8) is 0 Å². The molecule has 1 aliphatic heterocycles. The number of aromatic nitrogens is 3. The maximum Gasteiger partial charge on any atom is 0.191 e. The van der Waals surface area contributed by atoms with Gasteiger partial charge in [-0.05, 0) is 24.3 Å².